The summed E-state index contributed by atoms with van der Waals surface area (Å²) in [6.45, 7) is 1.84. The van der Waals surface area contributed by atoms with Crippen molar-refractivity contribution in [3.63, 3.8) is 0 Å². The Balaban J connectivity index is 1.63. The van der Waals surface area contributed by atoms with Crippen LogP contribution in [0.3, 0.4) is 0 Å². The molecule has 0 saturated heterocycles. The molecule has 32 heavy (non-hydrogen) atoms. The van der Waals surface area contributed by atoms with Crippen molar-refractivity contribution in [2.75, 3.05) is 10.8 Å². The smallest absolute Gasteiger partial charge is 0.264 e. The summed E-state index contributed by atoms with van der Waals surface area (Å²) in [7, 11) is -3.93. The van der Waals surface area contributed by atoms with Crippen molar-refractivity contribution >= 4 is 33.2 Å². The van der Waals surface area contributed by atoms with Gasteiger partial charge in [-0.2, -0.15) is 0 Å². The van der Waals surface area contributed by atoms with Gasteiger partial charge in [-0.25, -0.2) is 8.42 Å². The van der Waals surface area contributed by atoms with E-state index in [0.717, 1.165) is 5.56 Å². The molecular formula is C24H23ClN2O4S. The molecule has 0 saturated carbocycles. The van der Waals surface area contributed by atoms with Crippen LogP contribution in [0.1, 0.15) is 24.9 Å². The van der Waals surface area contributed by atoms with E-state index in [9.17, 15) is 13.2 Å². The Bertz CT molecular complexity index is 1200. The van der Waals surface area contributed by atoms with Gasteiger partial charge in [0.2, 0.25) is 0 Å². The molecule has 3 aromatic carbocycles. The molecule has 1 aliphatic rings. The summed E-state index contributed by atoms with van der Waals surface area (Å²) in [6.07, 6.45) is -0.309. The number of ether oxygens (including phenoxy) is 1. The molecule has 0 spiro atoms. The van der Waals surface area contributed by atoms with Crippen molar-refractivity contribution in [1.29, 1.82) is 0 Å². The fraction of sp³-hybridized carbons (Fsp3) is 0.208. The van der Waals surface area contributed by atoms with E-state index in [1.807, 2.05) is 37.3 Å². The highest BCUT2D eigenvalue weighted by Crippen LogP contribution is 2.37. The zero-order valence-electron chi connectivity index (χ0n) is 17.4. The lowest BCUT2D eigenvalue weighted by atomic mass is 10.0. The van der Waals surface area contributed by atoms with Crippen LogP contribution in [0, 0.1) is 0 Å². The molecule has 0 aromatic heterocycles. The lowest BCUT2D eigenvalue weighted by Gasteiger charge is -2.35. The third kappa shape index (κ3) is 4.45. The summed E-state index contributed by atoms with van der Waals surface area (Å²) in [5, 5.41) is 3.44. The molecule has 1 aliphatic heterocycles. The molecule has 0 aliphatic carbocycles. The van der Waals surface area contributed by atoms with E-state index in [4.69, 9.17) is 16.3 Å². The largest absolute Gasteiger partial charge is 0.476 e. The monoisotopic (exact) mass is 470 g/mol. The second kappa shape index (κ2) is 9.22. The lowest BCUT2D eigenvalue weighted by molar-refractivity contribution is -0.128. The Morgan fingerprint density at radius 2 is 1.72 bits per heavy atom. The predicted octanol–water partition coefficient (Wildman–Crippen LogP) is 4.56. The van der Waals surface area contributed by atoms with Crippen LogP contribution in [0.25, 0.3) is 0 Å². The molecule has 4 rings (SSSR count). The number of carbonyl (C=O) groups is 1. The van der Waals surface area contributed by atoms with Crippen molar-refractivity contribution < 1.29 is 17.9 Å². The number of fused-ring (bicyclic) bond motifs is 1. The molecule has 1 heterocycles. The SMILES string of the molecule is CC[C@H](NC(=O)[C@@H]1CN(S(=O)(=O)c2ccc(Cl)cc2)c2ccccc2O1)c1ccccc1. The number of anilines is 1. The van der Waals surface area contributed by atoms with Crippen LogP contribution in [0.2, 0.25) is 5.02 Å². The Morgan fingerprint density at radius 1 is 1.06 bits per heavy atom. The molecular weight excluding hydrogens is 448 g/mol. The van der Waals surface area contributed by atoms with Gasteiger partial charge in [-0.05, 0) is 48.4 Å². The number of nitrogens with zero attached hydrogens (tertiary/aromatic N) is 1. The number of halogens is 1. The summed E-state index contributed by atoms with van der Waals surface area (Å²) in [5.74, 6) is -0.0317. The Kier molecular flexibility index (Phi) is 6.39. The van der Waals surface area contributed by atoms with Crippen molar-refractivity contribution in [3.05, 3.63) is 89.4 Å². The fourth-order valence-corrected chi connectivity index (χ4v) is 5.27. The van der Waals surface area contributed by atoms with E-state index in [-0.39, 0.29) is 23.4 Å². The highest BCUT2D eigenvalue weighted by Gasteiger charge is 2.38. The van der Waals surface area contributed by atoms with E-state index < -0.39 is 16.1 Å². The number of rotatable bonds is 6. The minimum Gasteiger partial charge on any atom is -0.476 e. The Morgan fingerprint density at radius 3 is 2.41 bits per heavy atom. The van der Waals surface area contributed by atoms with E-state index in [2.05, 4.69) is 5.32 Å². The van der Waals surface area contributed by atoms with Gasteiger partial charge in [0.15, 0.2) is 6.10 Å². The molecule has 1 N–H and O–H groups in total. The molecule has 2 atom stereocenters. The van der Waals surface area contributed by atoms with Crippen LogP contribution in [0.5, 0.6) is 5.75 Å². The van der Waals surface area contributed by atoms with Crippen LogP contribution >= 0.6 is 11.6 Å². The number of hydrogen-bond acceptors (Lipinski definition) is 4. The first-order chi connectivity index (χ1) is 15.4. The van der Waals surface area contributed by atoms with Gasteiger partial charge in [0, 0.05) is 5.02 Å². The first kappa shape index (κ1) is 22.2. The molecule has 166 valence electrons. The minimum absolute atomic E-state index is 0.0912. The van der Waals surface area contributed by atoms with E-state index in [1.54, 1.807) is 24.3 Å². The Labute approximate surface area is 192 Å². The number of amides is 1. The van der Waals surface area contributed by atoms with Crippen LogP contribution in [-0.4, -0.2) is 27.0 Å². The number of benzene rings is 3. The standard InChI is InChI=1S/C24H23ClN2O4S/c1-2-20(17-8-4-3-5-9-17)26-24(28)23-16-27(21-10-6-7-11-22(21)31-23)32(29,30)19-14-12-18(25)13-15-19/h3-15,20,23H,2,16H2,1H3,(H,26,28)/t20-,23-/m0/s1. The molecule has 0 bridgehead atoms. The van der Waals surface area contributed by atoms with Crippen LogP contribution < -0.4 is 14.4 Å². The molecule has 8 heteroatoms. The van der Waals surface area contributed by atoms with Gasteiger partial charge in [-0.1, -0.05) is 61.0 Å². The van der Waals surface area contributed by atoms with Crippen molar-refractivity contribution in [2.24, 2.45) is 0 Å². The summed E-state index contributed by atoms with van der Waals surface area (Å²) < 4.78 is 34.0. The minimum atomic E-state index is -3.93. The summed E-state index contributed by atoms with van der Waals surface area (Å²) in [5.41, 5.74) is 1.37. The highest BCUT2D eigenvalue weighted by atomic mass is 35.5. The summed E-state index contributed by atoms with van der Waals surface area (Å²) in [6, 6.07) is 22.2. The maximum Gasteiger partial charge on any atom is 0.264 e. The third-order valence-electron chi connectivity index (χ3n) is 5.36. The average molecular weight is 471 g/mol. The summed E-state index contributed by atoms with van der Waals surface area (Å²) in [4.78, 5) is 13.2. The zero-order valence-corrected chi connectivity index (χ0v) is 19.0. The number of sulfonamides is 1. The van der Waals surface area contributed by atoms with Crippen LogP contribution in [0.15, 0.2) is 83.8 Å². The van der Waals surface area contributed by atoms with Gasteiger partial charge in [-0.3, -0.25) is 9.10 Å². The van der Waals surface area contributed by atoms with Crippen molar-refractivity contribution in [2.45, 2.75) is 30.4 Å². The molecule has 3 aromatic rings. The maximum atomic E-state index is 13.4. The fourth-order valence-electron chi connectivity index (χ4n) is 3.67. The van der Waals surface area contributed by atoms with Gasteiger partial charge in [0.25, 0.3) is 15.9 Å². The lowest BCUT2D eigenvalue weighted by Crippen LogP contribution is -2.51. The quantitative estimate of drug-likeness (QED) is 0.572. The number of nitrogens with one attached hydrogen (secondary N) is 1. The average Bonchev–Trinajstić information content (AvgIpc) is 2.82. The van der Waals surface area contributed by atoms with Gasteiger partial charge in [-0.15, -0.1) is 0 Å². The molecule has 0 unspecified atom stereocenters. The summed E-state index contributed by atoms with van der Waals surface area (Å²) >= 11 is 5.92. The predicted molar refractivity (Wildman–Crippen MR) is 124 cm³/mol. The van der Waals surface area contributed by atoms with Crippen LogP contribution in [0.4, 0.5) is 5.69 Å². The highest BCUT2D eigenvalue weighted by molar-refractivity contribution is 7.92. The maximum absolute atomic E-state index is 13.4. The normalized spacial score (nSPS) is 16.6. The van der Waals surface area contributed by atoms with E-state index in [1.165, 1.54) is 28.6 Å². The van der Waals surface area contributed by atoms with Crippen LogP contribution in [-0.2, 0) is 14.8 Å². The van der Waals surface area contributed by atoms with E-state index in [0.29, 0.717) is 22.9 Å². The van der Waals surface area contributed by atoms with Crippen molar-refractivity contribution in [1.82, 2.24) is 5.32 Å². The van der Waals surface area contributed by atoms with Gasteiger partial charge >= 0.3 is 0 Å². The molecule has 6 nitrogen and oxygen atoms in total. The molecule has 0 radical (unpaired) electrons. The molecule has 1 amide bonds. The van der Waals surface area contributed by atoms with E-state index >= 15 is 0 Å². The van der Waals surface area contributed by atoms with Gasteiger partial charge < -0.3 is 10.1 Å². The topological polar surface area (TPSA) is 75.7 Å². The first-order valence-electron chi connectivity index (χ1n) is 10.3. The zero-order chi connectivity index (χ0) is 22.7. The number of para-hydroxylation sites is 2. The molecule has 0 fully saturated rings. The third-order valence-corrected chi connectivity index (χ3v) is 7.40. The second-order valence-electron chi connectivity index (χ2n) is 7.44. The second-order valence-corrected chi connectivity index (χ2v) is 9.74. The number of carbonyl (C=O) groups excluding carboxylic acids is 1. The Hall–Kier alpha value is -3.03. The first-order valence-corrected chi connectivity index (χ1v) is 12.1. The van der Waals surface area contributed by atoms with Gasteiger partial charge in [0.05, 0.1) is 23.2 Å². The van der Waals surface area contributed by atoms with Crippen molar-refractivity contribution in [3.8, 4) is 5.75 Å². The number of hydrogen-bond donors (Lipinski definition) is 1. The van der Waals surface area contributed by atoms with Gasteiger partial charge in [0.1, 0.15) is 5.75 Å².